The Morgan fingerprint density at radius 1 is 1.29 bits per heavy atom. The first-order chi connectivity index (χ1) is 15.2. The molecule has 1 saturated heterocycles. The Hall–Kier alpha value is -2.66. The number of ether oxygens (including phenoxy) is 1. The Morgan fingerprint density at radius 2 is 2.13 bits per heavy atom. The van der Waals surface area contributed by atoms with Crippen molar-refractivity contribution in [2.45, 2.75) is 38.6 Å². The molecule has 1 aliphatic rings. The highest BCUT2D eigenvalue weighted by Gasteiger charge is 2.22. The van der Waals surface area contributed by atoms with Crippen molar-refractivity contribution in [1.29, 1.82) is 0 Å². The number of aromatic nitrogens is 1. The van der Waals surface area contributed by atoms with Crippen LogP contribution in [-0.2, 0) is 17.8 Å². The Morgan fingerprint density at radius 3 is 2.94 bits per heavy atom. The molecule has 0 saturated carbocycles. The molecule has 0 N–H and O–H groups in total. The number of rotatable bonds is 11. The van der Waals surface area contributed by atoms with Crippen LogP contribution in [0.1, 0.15) is 36.9 Å². The van der Waals surface area contributed by atoms with E-state index >= 15 is 0 Å². The molecule has 0 spiro atoms. The van der Waals surface area contributed by atoms with Crippen LogP contribution in [0.5, 0.6) is 5.75 Å². The highest BCUT2D eigenvalue weighted by molar-refractivity contribution is 5.75. The zero-order chi connectivity index (χ0) is 21.9. The summed E-state index contributed by atoms with van der Waals surface area (Å²) in [4.78, 5) is 21.3. The fourth-order valence-corrected chi connectivity index (χ4v) is 4.17. The van der Waals surface area contributed by atoms with E-state index < -0.39 is 0 Å². The second-order valence-corrected chi connectivity index (χ2v) is 8.38. The average Bonchev–Trinajstić information content (AvgIpc) is 2.81. The Kier molecular flexibility index (Phi) is 9.10. The van der Waals surface area contributed by atoms with Gasteiger partial charge in [-0.1, -0.05) is 36.9 Å². The minimum atomic E-state index is 0.233. The number of benzene rings is 1. The van der Waals surface area contributed by atoms with Crippen molar-refractivity contribution >= 4 is 5.91 Å². The predicted octanol–water partition coefficient (Wildman–Crippen LogP) is 4.34. The lowest BCUT2D eigenvalue weighted by Crippen LogP contribution is -2.36. The number of pyridine rings is 1. The summed E-state index contributed by atoms with van der Waals surface area (Å²) in [5, 5.41) is 0. The van der Waals surface area contributed by atoms with Crippen LogP contribution in [0.2, 0.25) is 0 Å². The van der Waals surface area contributed by atoms with Gasteiger partial charge in [-0.05, 0) is 49.9 Å². The number of hydrogen-bond donors (Lipinski definition) is 0. The number of carbonyl (C=O) groups is 1. The Bertz CT molecular complexity index is 824. The zero-order valence-corrected chi connectivity index (χ0v) is 18.7. The van der Waals surface area contributed by atoms with Crippen LogP contribution in [0, 0.1) is 5.92 Å². The van der Waals surface area contributed by atoms with Crippen LogP contribution >= 0.6 is 0 Å². The van der Waals surface area contributed by atoms with E-state index in [2.05, 4.69) is 28.6 Å². The molecule has 1 aromatic heterocycles. The summed E-state index contributed by atoms with van der Waals surface area (Å²) in [5.41, 5.74) is 2.25. The van der Waals surface area contributed by atoms with Gasteiger partial charge in [0.05, 0.1) is 0 Å². The van der Waals surface area contributed by atoms with Gasteiger partial charge in [-0.2, -0.15) is 0 Å². The van der Waals surface area contributed by atoms with Gasteiger partial charge in [0.15, 0.2) is 0 Å². The SMILES string of the molecule is C=CCOc1ccccc1CN1CCC[C@H](CCC(=O)N(C)CCc2ccccn2)C1. The number of nitrogens with zero attached hydrogens (tertiary/aromatic N) is 3. The molecule has 1 atom stereocenters. The van der Waals surface area contributed by atoms with Crippen LogP contribution in [0.4, 0.5) is 0 Å². The average molecular weight is 422 g/mol. The summed E-state index contributed by atoms with van der Waals surface area (Å²) in [6, 6.07) is 14.2. The minimum absolute atomic E-state index is 0.233. The van der Waals surface area contributed by atoms with Crippen molar-refractivity contribution in [3.05, 3.63) is 72.6 Å². The smallest absolute Gasteiger partial charge is 0.222 e. The lowest BCUT2D eigenvalue weighted by atomic mass is 9.92. The van der Waals surface area contributed by atoms with Gasteiger partial charge in [-0.3, -0.25) is 14.7 Å². The summed E-state index contributed by atoms with van der Waals surface area (Å²) in [6.45, 7) is 8.01. The molecule has 1 aromatic carbocycles. The molecule has 1 fully saturated rings. The number of amides is 1. The third-order valence-electron chi connectivity index (χ3n) is 5.95. The molecule has 166 valence electrons. The van der Waals surface area contributed by atoms with E-state index in [1.54, 1.807) is 12.3 Å². The molecule has 0 radical (unpaired) electrons. The van der Waals surface area contributed by atoms with Crippen molar-refractivity contribution in [3.63, 3.8) is 0 Å². The number of piperidine rings is 1. The molecule has 2 aromatic rings. The first-order valence-electron chi connectivity index (χ1n) is 11.3. The van der Waals surface area contributed by atoms with E-state index in [0.29, 0.717) is 25.5 Å². The topological polar surface area (TPSA) is 45.7 Å². The quantitative estimate of drug-likeness (QED) is 0.507. The summed E-state index contributed by atoms with van der Waals surface area (Å²) in [7, 11) is 1.90. The molecular formula is C26H35N3O2. The lowest BCUT2D eigenvalue weighted by Gasteiger charge is -2.33. The van der Waals surface area contributed by atoms with Gasteiger partial charge in [-0.15, -0.1) is 0 Å². The number of likely N-dealkylation sites (tertiary alicyclic amines) is 1. The predicted molar refractivity (Wildman–Crippen MR) is 125 cm³/mol. The van der Waals surface area contributed by atoms with Gasteiger partial charge in [0.25, 0.3) is 0 Å². The summed E-state index contributed by atoms with van der Waals surface area (Å²) in [5.74, 6) is 1.74. The Balaban J connectivity index is 1.43. The van der Waals surface area contributed by atoms with Gasteiger partial charge < -0.3 is 9.64 Å². The van der Waals surface area contributed by atoms with E-state index in [1.807, 2.05) is 42.3 Å². The number of hydrogen-bond acceptors (Lipinski definition) is 4. The highest BCUT2D eigenvalue weighted by atomic mass is 16.5. The lowest BCUT2D eigenvalue weighted by molar-refractivity contribution is -0.130. The second kappa shape index (κ2) is 12.3. The van der Waals surface area contributed by atoms with Gasteiger partial charge in [0.1, 0.15) is 12.4 Å². The van der Waals surface area contributed by atoms with Gasteiger partial charge in [0, 0.05) is 57.0 Å². The van der Waals surface area contributed by atoms with Crippen LogP contribution in [-0.4, -0.2) is 54.0 Å². The molecule has 31 heavy (non-hydrogen) atoms. The number of carbonyl (C=O) groups excluding carboxylic acids is 1. The normalized spacial score (nSPS) is 16.6. The van der Waals surface area contributed by atoms with Crippen LogP contribution < -0.4 is 4.74 Å². The van der Waals surface area contributed by atoms with Crippen molar-refractivity contribution in [3.8, 4) is 5.75 Å². The van der Waals surface area contributed by atoms with Gasteiger partial charge in [0.2, 0.25) is 5.91 Å². The summed E-state index contributed by atoms with van der Waals surface area (Å²) in [6.07, 6.45) is 8.34. The largest absolute Gasteiger partial charge is 0.489 e. The standard InChI is InChI=1S/C26H35N3O2/c1-3-19-31-25-12-5-4-10-23(25)21-29-17-8-9-22(20-29)13-14-26(30)28(2)18-15-24-11-6-7-16-27-24/h3-7,10-12,16,22H,1,8-9,13-15,17-21H2,2H3/t22-/m1/s1. The fraction of sp³-hybridized carbons (Fsp3) is 0.462. The first kappa shape index (κ1) is 23.0. The first-order valence-corrected chi connectivity index (χ1v) is 11.3. The molecule has 5 heteroatoms. The maximum Gasteiger partial charge on any atom is 0.222 e. The summed E-state index contributed by atoms with van der Waals surface area (Å²) < 4.78 is 5.82. The molecule has 0 bridgehead atoms. The maximum absolute atomic E-state index is 12.6. The maximum atomic E-state index is 12.6. The van der Waals surface area contributed by atoms with E-state index in [4.69, 9.17) is 4.74 Å². The van der Waals surface area contributed by atoms with Gasteiger partial charge in [-0.25, -0.2) is 0 Å². The van der Waals surface area contributed by atoms with E-state index in [1.165, 1.54) is 18.4 Å². The van der Waals surface area contributed by atoms with Crippen LogP contribution in [0.25, 0.3) is 0 Å². The van der Waals surface area contributed by atoms with Crippen LogP contribution in [0.15, 0.2) is 61.3 Å². The highest BCUT2D eigenvalue weighted by Crippen LogP contribution is 2.26. The minimum Gasteiger partial charge on any atom is -0.489 e. The van der Waals surface area contributed by atoms with Crippen molar-refractivity contribution < 1.29 is 9.53 Å². The molecule has 2 heterocycles. The van der Waals surface area contributed by atoms with Crippen LogP contribution in [0.3, 0.4) is 0 Å². The molecule has 1 amide bonds. The molecule has 5 nitrogen and oxygen atoms in total. The van der Waals surface area contributed by atoms with Crippen molar-refractivity contribution in [2.24, 2.45) is 5.92 Å². The molecule has 0 unspecified atom stereocenters. The molecule has 0 aliphatic carbocycles. The number of para-hydroxylation sites is 1. The third-order valence-corrected chi connectivity index (χ3v) is 5.95. The molecule has 3 rings (SSSR count). The van der Waals surface area contributed by atoms with E-state index in [0.717, 1.165) is 43.9 Å². The third kappa shape index (κ3) is 7.51. The van der Waals surface area contributed by atoms with E-state index in [9.17, 15) is 4.79 Å². The Labute approximate surface area is 186 Å². The molecule has 1 aliphatic heterocycles. The van der Waals surface area contributed by atoms with Crippen molar-refractivity contribution in [1.82, 2.24) is 14.8 Å². The van der Waals surface area contributed by atoms with Gasteiger partial charge >= 0.3 is 0 Å². The molecular weight excluding hydrogens is 386 g/mol. The zero-order valence-electron chi connectivity index (χ0n) is 18.7. The summed E-state index contributed by atoms with van der Waals surface area (Å²) >= 11 is 0. The second-order valence-electron chi connectivity index (χ2n) is 8.38. The number of likely N-dealkylation sites (N-methyl/N-ethyl adjacent to an activating group) is 1. The monoisotopic (exact) mass is 421 g/mol. The van der Waals surface area contributed by atoms with E-state index in [-0.39, 0.29) is 5.91 Å². The van der Waals surface area contributed by atoms with Crippen molar-refractivity contribution in [2.75, 3.05) is 33.3 Å². The fourth-order valence-electron chi connectivity index (χ4n) is 4.17.